The van der Waals surface area contributed by atoms with Crippen molar-refractivity contribution in [1.82, 2.24) is 5.32 Å². The summed E-state index contributed by atoms with van der Waals surface area (Å²) in [5.41, 5.74) is 6.74. The summed E-state index contributed by atoms with van der Waals surface area (Å²) in [6.45, 7) is 7.36. The molecule has 1 nitrogen and oxygen atoms in total. The Morgan fingerprint density at radius 3 is 2.33 bits per heavy atom. The summed E-state index contributed by atoms with van der Waals surface area (Å²) in [6, 6.07) is 17.4. The number of hydrogen-bond acceptors (Lipinski definition) is 1. The van der Waals surface area contributed by atoms with E-state index in [1.807, 2.05) is 0 Å². The predicted octanol–water partition coefficient (Wildman–Crippen LogP) is 4.79. The molecule has 0 atom stereocenters. The molecule has 0 aliphatic rings. The highest BCUT2D eigenvalue weighted by molar-refractivity contribution is 5.29. The van der Waals surface area contributed by atoms with Crippen LogP contribution in [0.1, 0.15) is 36.1 Å². The third-order valence-electron chi connectivity index (χ3n) is 3.82. The van der Waals surface area contributed by atoms with Crippen molar-refractivity contribution in [1.29, 1.82) is 0 Å². The van der Waals surface area contributed by atoms with Gasteiger partial charge in [0.05, 0.1) is 0 Å². The van der Waals surface area contributed by atoms with E-state index in [1.54, 1.807) is 0 Å². The van der Waals surface area contributed by atoms with Gasteiger partial charge in [-0.3, -0.25) is 0 Å². The largest absolute Gasteiger partial charge is 0.385 e. The van der Waals surface area contributed by atoms with E-state index in [0.29, 0.717) is 0 Å². The maximum Gasteiger partial charge on any atom is 0.0397 e. The van der Waals surface area contributed by atoms with Crippen LogP contribution in [-0.2, 0) is 19.4 Å². The lowest BCUT2D eigenvalue weighted by Gasteiger charge is -2.09. The minimum atomic E-state index is 0.887. The molecule has 0 heterocycles. The van der Waals surface area contributed by atoms with Crippen LogP contribution < -0.4 is 5.32 Å². The van der Waals surface area contributed by atoms with Gasteiger partial charge in [0, 0.05) is 12.2 Å². The summed E-state index contributed by atoms with van der Waals surface area (Å²) < 4.78 is 0. The van der Waals surface area contributed by atoms with Crippen molar-refractivity contribution < 1.29 is 0 Å². The van der Waals surface area contributed by atoms with Gasteiger partial charge in [-0.2, -0.15) is 0 Å². The fourth-order valence-electron chi connectivity index (χ4n) is 2.38. The Morgan fingerprint density at radius 2 is 1.67 bits per heavy atom. The third kappa shape index (κ3) is 4.78. The molecule has 21 heavy (non-hydrogen) atoms. The van der Waals surface area contributed by atoms with E-state index in [4.69, 9.17) is 0 Å². The summed E-state index contributed by atoms with van der Waals surface area (Å²) >= 11 is 0. The van der Waals surface area contributed by atoms with Gasteiger partial charge in [0.25, 0.3) is 0 Å². The Morgan fingerprint density at radius 1 is 1.00 bits per heavy atom. The number of hydrogen-bond donors (Lipinski definition) is 1. The maximum atomic E-state index is 3.49. The molecule has 0 bridgehead atoms. The molecule has 2 rings (SSSR count). The van der Waals surface area contributed by atoms with Gasteiger partial charge in [0.2, 0.25) is 0 Å². The average molecular weight is 279 g/mol. The zero-order chi connectivity index (χ0) is 15.1. The van der Waals surface area contributed by atoms with Crippen molar-refractivity contribution in [3.05, 3.63) is 82.6 Å². The Bertz CT molecular complexity index is 593. The first-order valence-corrected chi connectivity index (χ1v) is 7.72. The molecule has 0 aliphatic carbocycles. The van der Waals surface area contributed by atoms with Crippen molar-refractivity contribution in [3.63, 3.8) is 0 Å². The molecule has 1 heteroatoms. The first-order valence-electron chi connectivity index (χ1n) is 7.72. The van der Waals surface area contributed by atoms with Crippen LogP contribution in [0.3, 0.4) is 0 Å². The number of rotatable bonds is 6. The SMILES string of the molecule is CCc1ccccc1C/C=C(\C)NCc1ccc(C)cc1. The Kier molecular flexibility index (Phi) is 5.62. The van der Waals surface area contributed by atoms with Gasteiger partial charge in [-0.1, -0.05) is 67.1 Å². The summed E-state index contributed by atoms with van der Waals surface area (Å²) in [6.07, 6.45) is 4.37. The third-order valence-corrected chi connectivity index (χ3v) is 3.82. The summed E-state index contributed by atoms with van der Waals surface area (Å²) in [7, 11) is 0. The molecule has 1 N–H and O–H groups in total. The van der Waals surface area contributed by atoms with Crippen molar-refractivity contribution >= 4 is 0 Å². The molecule has 110 valence electrons. The molecular formula is C20H25N. The van der Waals surface area contributed by atoms with Crippen LogP contribution in [0.4, 0.5) is 0 Å². The molecule has 0 saturated carbocycles. The van der Waals surface area contributed by atoms with Crippen LogP contribution >= 0.6 is 0 Å². The van der Waals surface area contributed by atoms with Crippen molar-refractivity contribution in [2.45, 2.75) is 40.2 Å². The van der Waals surface area contributed by atoms with E-state index >= 15 is 0 Å². The zero-order valence-electron chi connectivity index (χ0n) is 13.3. The summed E-state index contributed by atoms with van der Waals surface area (Å²) in [5, 5.41) is 3.49. The lowest BCUT2D eigenvalue weighted by Crippen LogP contribution is -2.10. The van der Waals surface area contributed by atoms with Gasteiger partial charge in [0.1, 0.15) is 0 Å². The van der Waals surface area contributed by atoms with Crippen LogP contribution in [0.5, 0.6) is 0 Å². The van der Waals surface area contributed by atoms with Gasteiger partial charge < -0.3 is 5.32 Å². The number of allylic oxidation sites excluding steroid dienone is 2. The van der Waals surface area contributed by atoms with Gasteiger partial charge in [-0.15, -0.1) is 0 Å². The molecule has 0 unspecified atom stereocenters. The number of nitrogens with one attached hydrogen (secondary N) is 1. The average Bonchev–Trinajstić information content (AvgIpc) is 2.52. The smallest absolute Gasteiger partial charge is 0.0397 e. The van der Waals surface area contributed by atoms with Crippen LogP contribution in [0.25, 0.3) is 0 Å². The Balaban J connectivity index is 1.90. The quantitative estimate of drug-likeness (QED) is 0.801. The van der Waals surface area contributed by atoms with Crippen LogP contribution in [-0.4, -0.2) is 0 Å². The lowest BCUT2D eigenvalue weighted by atomic mass is 10.0. The second kappa shape index (κ2) is 7.68. The molecule has 2 aromatic rings. The normalized spacial score (nSPS) is 11.5. The summed E-state index contributed by atoms with van der Waals surface area (Å²) in [5.74, 6) is 0. The molecule has 0 aromatic heterocycles. The van der Waals surface area contributed by atoms with Crippen molar-refractivity contribution in [3.8, 4) is 0 Å². The standard InChI is InChI=1S/C20H25N/c1-4-19-7-5-6-8-20(19)14-11-17(3)21-15-18-12-9-16(2)10-13-18/h5-13,21H,4,14-15H2,1-3H3/b17-11+. The second-order valence-electron chi connectivity index (χ2n) is 5.55. The van der Waals surface area contributed by atoms with E-state index in [2.05, 4.69) is 80.7 Å². The van der Waals surface area contributed by atoms with E-state index in [0.717, 1.165) is 19.4 Å². The fraction of sp³-hybridized carbons (Fsp3) is 0.300. The molecule has 0 aliphatic heterocycles. The molecule has 0 fully saturated rings. The molecule has 0 amide bonds. The highest BCUT2D eigenvalue weighted by Crippen LogP contribution is 2.11. The van der Waals surface area contributed by atoms with E-state index < -0.39 is 0 Å². The fourth-order valence-corrected chi connectivity index (χ4v) is 2.38. The maximum absolute atomic E-state index is 3.49. The Labute approximate surface area is 128 Å². The van der Waals surface area contributed by atoms with Gasteiger partial charge in [-0.25, -0.2) is 0 Å². The van der Waals surface area contributed by atoms with Crippen molar-refractivity contribution in [2.75, 3.05) is 0 Å². The van der Waals surface area contributed by atoms with Crippen LogP contribution in [0.15, 0.2) is 60.3 Å². The van der Waals surface area contributed by atoms with E-state index in [1.165, 1.54) is 28.0 Å². The van der Waals surface area contributed by atoms with E-state index in [-0.39, 0.29) is 0 Å². The highest BCUT2D eigenvalue weighted by atomic mass is 14.9. The highest BCUT2D eigenvalue weighted by Gasteiger charge is 1.98. The number of aryl methyl sites for hydroxylation is 2. The topological polar surface area (TPSA) is 12.0 Å². The minimum absolute atomic E-state index is 0.887. The van der Waals surface area contributed by atoms with Crippen molar-refractivity contribution in [2.24, 2.45) is 0 Å². The molecule has 0 spiro atoms. The van der Waals surface area contributed by atoms with E-state index in [9.17, 15) is 0 Å². The van der Waals surface area contributed by atoms with Gasteiger partial charge in [-0.05, 0) is 43.4 Å². The Hall–Kier alpha value is -2.02. The minimum Gasteiger partial charge on any atom is -0.385 e. The monoisotopic (exact) mass is 279 g/mol. The molecule has 2 aromatic carbocycles. The summed E-state index contributed by atoms with van der Waals surface area (Å²) in [4.78, 5) is 0. The number of benzene rings is 2. The first-order chi connectivity index (χ1) is 10.2. The van der Waals surface area contributed by atoms with Gasteiger partial charge >= 0.3 is 0 Å². The second-order valence-corrected chi connectivity index (χ2v) is 5.55. The lowest BCUT2D eigenvalue weighted by molar-refractivity contribution is 0.805. The first kappa shape index (κ1) is 15.4. The van der Waals surface area contributed by atoms with Gasteiger partial charge in [0.15, 0.2) is 0 Å². The molecule has 0 radical (unpaired) electrons. The van der Waals surface area contributed by atoms with Crippen LogP contribution in [0.2, 0.25) is 0 Å². The predicted molar refractivity (Wildman–Crippen MR) is 91.3 cm³/mol. The zero-order valence-corrected chi connectivity index (χ0v) is 13.3. The molecular weight excluding hydrogens is 254 g/mol. The molecule has 0 saturated heterocycles. The van der Waals surface area contributed by atoms with Crippen LogP contribution in [0, 0.1) is 6.92 Å².